The maximum atomic E-state index is 9.62. The summed E-state index contributed by atoms with van der Waals surface area (Å²) < 4.78 is 18.6. The van der Waals surface area contributed by atoms with Crippen molar-refractivity contribution in [2.24, 2.45) is 5.16 Å². The fourth-order valence-corrected chi connectivity index (χ4v) is 4.55. The van der Waals surface area contributed by atoms with Gasteiger partial charge in [-0.3, -0.25) is 9.88 Å². The number of hydrogen-bond donors (Lipinski definition) is 1. The number of fused-ring (bicyclic) bond motifs is 2. The summed E-state index contributed by atoms with van der Waals surface area (Å²) in [5, 5.41) is 17.3. The first-order valence-corrected chi connectivity index (χ1v) is 11.2. The van der Waals surface area contributed by atoms with Crippen LogP contribution in [0.3, 0.4) is 0 Å². The summed E-state index contributed by atoms with van der Waals surface area (Å²) in [5.41, 5.74) is 1.30. The van der Waals surface area contributed by atoms with E-state index >= 15 is 0 Å². The fraction of sp³-hybridized carbons (Fsp3) is 0.304. The Labute approximate surface area is 195 Å². The predicted octanol–water partition coefficient (Wildman–Crippen LogP) is 4.52. The molecule has 1 aliphatic heterocycles. The first-order valence-electron chi connectivity index (χ1n) is 10.3. The lowest BCUT2D eigenvalue weighted by molar-refractivity contribution is 0.137. The highest BCUT2D eigenvalue weighted by atomic mass is 35.5. The number of aromatic nitrogens is 1. The molecule has 0 bridgehead atoms. The van der Waals surface area contributed by atoms with Crippen LogP contribution in [0.4, 0.5) is 0 Å². The zero-order chi connectivity index (χ0) is 21.0. The number of hydrogen-bond acceptors (Lipinski definition) is 8. The third-order valence-electron chi connectivity index (χ3n) is 5.40. The molecule has 9 heteroatoms. The second kappa shape index (κ2) is 10.3. The summed E-state index contributed by atoms with van der Waals surface area (Å²) in [6.45, 7) is 4.99. The van der Waals surface area contributed by atoms with Gasteiger partial charge in [0.05, 0.1) is 12.0 Å². The van der Waals surface area contributed by atoms with Crippen LogP contribution in [0, 0.1) is 0 Å². The van der Waals surface area contributed by atoms with Gasteiger partial charge < -0.3 is 19.1 Å². The highest BCUT2D eigenvalue weighted by molar-refractivity contribution is 7.17. The average molecular weight is 474 g/mol. The van der Waals surface area contributed by atoms with Gasteiger partial charge in [-0.1, -0.05) is 5.16 Å². The number of nitrogens with zero attached hydrogens (tertiary/aromatic N) is 3. The molecule has 32 heavy (non-hydrogen) atoms. The summed E-state index contributed by atoms with van der Waals surface area (Å²) in [4.78, 5) is 6.84. The van der Waals surface area contributed by atoms with Gasteiger partial charge in [0.15, 0.2) is 5.76 Å². The van der Waals surface area contributed by atoms with Crippen molar-refractivity contribution in [1.29, 1.82) is 0 Å². The molecule has 7 nitrogen and oxygen atoms in total. The van der Waals surface area contributed by atoms with Crippen molar-refractivity contribution in [2.75, 3.05) is 39.5 Å². The first kappa shape index (κ1) is 22.5. The average Bonchev–Trinajstić information content (AvgIpc) is 3.12. The molecule has 0 radical (unpaired) electrons. The Morgan fingerprint density at radius 2 is 2.09 bits per heavy atom. The van der Waals surface area contributed by atoms with E-state index in [-0.39, 0.29) is 12.4 Å². The van der Waals surface area contributed by atoms with Crippen LogP contribution in [0.15, 0.2) is 57.5 Å². The van der Waals surface area contributed by atoms with Crippen molar-refractivity contribution in [3.63, 3.8) is 0 Å². The largest absolute Gasteiger partial charge is 0.492 e. The lowest BCUT2D eigenvalue weighted by Crippen LogP contribution is -2.30. The predicted molar refractivity (Wildman–Crippen MR) is 127 cm³/mol. The third-order valence-corrected chi connectivity index (χ3v) is 6.28. The topological polar surface area (TPSA) is 80.3 Å². The molecule has 168 valence electrons. The molecule has 1 aromatic carbocycles. The quantitative estimate of drug-likeness (QED) is 0.339. The molecule has 0 amide bonds. The van der Waals surface area contributed by atoms with Crippen LogP contribution in [0.25, 0.3) is 32.5 Å². The molecule has 4 aromatic rings. The molecule has 1 saturated heterocycles. The van der Waals surface area contributed by atoms with Gasteiger partial charge in [0, 0.05) is 48.6 Å². The number of rotatable bonds is 5. The molecule has 1 N–H and O–H groups in total. The summed E-state index contributed by atoms with van der Waals surface area (Å²) in [6.07, 6.45) is 2.87. The van der Waals surface area contributed by atoms with E-state index in [2.05, 4.69) is 15.0 Å². The number of halogens is 1. The summed E-state index contributed by atoms with van der Waals surface area (Å²) >= 11 is 1.65. The van der Waals surface area contributed by atoms with Crippen molar-refractivity contribution in [2.45, 2.75) is 6.42 Å². The van der Waals surface area contributed by atoms with Crippen molar-refractivity contribution >= 4 is 44.8 Å². The summed E-state index contributed by atoms with van der Waals surface area (Å²) in [7, 11) is 0. The normalized spacial score (nSPS) is 15.6. The van der Waals surface area contributed by atoms with Gasteiger partial charge in [0.2, 0.25) is 0 Å². The van der Waals surface area contributed by atoms with Crippen LogP contribution in [0.2, 0.25) is 0 Å². The Hall–Kier alpha value is -2.65. The van der Waals surface area contributed by atoms with Crippen molar-refractivity contribution in [3.8, 4) is 17.2 Å². The zero-order valence-corrected chi connectivity index (χ0v) is 19.0. The van der Waals surface area contributed by atoms with Gasteiger partial charge in [-0.25, -0.2) is 0 Å². The maximum absolute atomic E-state index is 9.62. The Morgan fingerprint density at radius 1 is 1.16 bits per heavy atom. The lowest BCUT2D eigenvalue weighted by atomic mass is 10.1. The minimum Gasteiger partial charge on any atom is -0.492 e. The fourth-order valence-electron chi connectivity index (χ4n) is 3.75. The van der Waals surface area contributed by atoms with Crippen molar-refractivity contribution in [1.82, 2.24) is 9.88 Å². The van der Waals surface area contributed by atoms with Gasteiger partial charge in [-0.15, -0.1) is 23.7 Å². The highest BCUT2D eigenvalue weighted by Gasteiger charge is 2.11. The number of pyridine rings is 1. The SMILES string of the molecule is Cl.O/N=c1/cc(-c2cc3sccc3cn2)oc2ccc(OCCN3CCCOCC3)cc12. The second-order valence-electron chi connectivity index (χ2n) is 7.44. The van der Waals surface area contributed by atoms with E-state index in [0.717, 1.165) is 49.4 Å². The Kier molecular flexibility index (Phi) is 7.26. The van der Waals surface area contributed by atoms with Crippen molar-refractivity contribution in [3.05, 3.63) is 53.3 Å². The van der Waals surface area contributed by atoms with Gasteiger partial charge in [-0.05, 0) is 42.1 Å². The van der Waals surface area contributed by atoms with Crippen LogP contribution in [-0.2, 0) is 4.74 Å². The van der Waals surface area contributed by atoms with Gasteiger partial charge in [0.25, 0.3) is 0 Å². The molecular weight excluding hydrogens is 450 g/mol. The van der Waals surface area contributed by atoms with E-state index in [4.69, 9.17) is 13.9 Å². The van der Waals surface area contributed by atoms with Crippen molar-refractivity contribution < 1.29 is 19.1 Å². The molecule has 4 heterocycles. The smallest absolute Gasteiger partial charge is 0.155 e. The number of benzene rings is 1. The van der Waals surface area contributed by atoms with Crippen LogP contribution in [0.5, 0.6) is 5.75 Å². The molecule has 5 rings (SSSR count). The Morgan fingerprint density at radius 3 is 3.00 bits per heavy atom. The summed E-state index contributed by atoms with van der Waals surface area (Å²) in [6, 6.07) is 11.3. The molecule has 0 unspecified atom stereocenters. The first-order chi connectivity index (χ1) is 15.3. The molecule has 1 aliphatic rings. The van der Waals surface area contributed by atoms with Gasteiger partial charge >= 0.3 is 0 Å². The van der Waals surface area contributed by atoms with E-state index in [1.54, 1.807) is 17.4 Å². The molecule has 1 fully saturated rings. The molecule has 3 aromatic heterocycles. The molecule has 0 aliphatic carbocycles. The van der Waals surface area contributed by atoms with Crippen LogP contribution in [0.1, 0.15) is 6.42 Å². The standard InChI is InChI=1S/C23H23N3O4S.ClH/c27-25-19-13-22(20-14-23-16(15-24-20)4-11-31-23)30-21-3-2-17(12-18(19)21)29-10-7-26-5-1-8-28-9-6-26;/h2-4,11-15,27H,1,5-10H2;1H/b25-19-;. The zero-order valence-electron chi connectivity index (χ0n) is 17.4. The third kappa shape index (κ3) is 4.88. The minimum atomic E-state index is 0. The Bertz CT molecular complexity index is 1270. The van der Waals surface area contributed by atoms with E-state index < -0.39 is 0 Å². The lowest BCUT2D eigenvalue weighted by Gasteiger charge is -2.19. The van der Waals surface area contributed by atoms with Crippen LogP contribution in [-0.4, -0.2) is 54.5 Å². The van der Waals surface area contributed by atoms with E-state index in [1.165, 1.54) is 0 Å². The molecule has 0 spiro atoms. The van der Waals surface area contributed by atoms with Crippen LogP contribution < -0.4 is 10.1 Å². The minimum absolute atomic E-state index is 0. The molecule has 0 saturated carbocycles. The van der Waals surface area contributed by atoms with E-state index in [0.29, 0.717) is 40.1 Å². The summed E-state index contributed by atoms with van der Waals surface area (Å²) in [5.74, 6) is 1.26. The number of ether oxygens (including phenoxy) is 2. The molecular formula is C23H24ClN3O4S. The second-order valence-corrected chi connectivity index (χ2v) is 8.39. The highest BCUT2D eigenvalue weighted by Crippen LogP contribution is 2.27. The van der Waals surface area contributed by atoms with Crippen LogP contribution >= 0.6 is 23.7 Å². The monoisotopic (exact) mass is 473 g/mol. The van der Waals surface area contributed by atoms with Gasteiger partial charge in [0.1, 0.15) is 29.0 Å². The van der Waals surface area contributed by atoms with E-state index in [1.807, 2.05) is 41.9 Å². The Balaban J connectivity index is 0.00000245. The molecule has 0 atom stereocenters. The maximum Gasteiger partial charge on any atom is 0.155 e. The number of thiophene rings is 1. The van der Waals surface area contributed by atoms with Gasteiger partial charge in [-0.2, -0.15) is 0 Å². The van der Waals surface area contributed by atoms with E-state index in [9.17, 15) is 5.21 Å².